The Kier molecular flexibility index (Phi) is 5.51. The summed E-state index contributed by atoms with van der Waals surface area (Å²) in [7, 11) is 0. The van der Waals surface area contributed by atoms with Gasteiger partial charge in [0.05, 0.1) is 6.61 Å². The standard InChI is InChI=1S/C15H18N4O2/c1-2-21-13-6-3-12(4-7-13)5-8-15(20)16-10-9-14-17-11-18-19-14/h3-8,11H,2,9-10H2,1H3,(H,16,20)(H,17,18,19). The highest BCUT2D eigenvalue weighted by atomic mass is 16.5. The molecule has 0 fully saturated rings. The van der Waals surface area contributed by atoms with Crippen molar-refractivity contribution >= 4 is 12.0 Å². The number of benzene rings is 1. The first-order valence-corrected chi connectivity index (χ1v) is 6.81. The highest BCUT2D eigenvalue weighted by Gasteiger charge is 1.98. The Bertz CT molecular complexity index is 576. The SMILES string of the molecule is CCOc1ccc(C=CC(=O)NCCc2ncn[nH]2)cc1. The Hall–Kier alpha value is -2.63. The number of hydrogen-bond donors (Lipinski definition) is 2. The first-order chi connectivity index (χ1) is 10.3. The molecule has 1 heterocycles. The first kappa shape index (κ1) is 14.8. The van der Waals surface area contributed by atoms with Gasteiger partial charge in [0.25, 0.3) is 0 Å². The summed E-state index contributed by atoms with van der Waals surface area (Å²) in [6.45, 7) is 3.10. The molecule has 0 atom stereocenters. The minimum absolute atomic E-state index is 0.136. The van der Waals surface area contributed by atoms with E-state index in [1.165, 1.54) is 12.4 Å². The maximum atomic E-state index is 11.6. The molecule has 1 aromatic carbocycles. The fourth-order valence-corrected chi connectivity index (χ4v) is 1.73. The van der Waals surface area contributed by atoms with Crippen LogP contribution in [0.4, 0.5) is 0 Å². The lowest BCUT2D eigenvalue weighted by molar-refractivity contribution is -0.116. The molecule has 0 spiro atoms. The monoisotopic (exact) mass is 286 g/mol. The van der Waals surface area contributed by atoms with Crippen molar-refractivity contribution < 1.29 is 9.53 Å². The number of aromatic amines is 1. The molecule has 0 saturated carbocycles. The van der Waals surface area contributed by atoms with Crippen LogP contribution in [0.25, 0.3) is 6.08 Å². The van der Waals surface area contributed by atoms with Crippen molar-refractivity contribution in [2.45, 2.75) is 13.3 Å². The Labute approximate surface area is 123 Å². The van der Waals surface area contributed by atoms with E-state index in [4.69, 9.17) is 4.74 Å². The largest absolute Gasteiger partial charge is 0.494 e. The normalized spacial score (nSPS) is 10.7. The minimum Gasteiger partial charge on any atom is -0.494 e. The summed E-state index contributed by atoms with van der Waals surface area (Å²) in [5.41, 5.74) is 0.948. The van der Waals surface area contributed by atoms with Crippen LogP contribution in [-0.2, 0) is 11.2 Å². The van der Waals surface area contributed by atoms with E-state index in [9.17, 15) is 4.79 Å². The zero-order valence-electron chi connectivity index (χ0n) is 11.9. The molecule has 2 N–H and O–H groups in total. The van der Waals surface area contributed by atoms with Crippen LogP contribution in [0.5, 0.6) is 5.75 Å². The fraction of sp³-hybridized carbons (Fsp3) is 0.267. The molecular formula is C15H18N4O2. The molecule has 0 aliphatic heterocycles. The van der Waals surface area contributed by atoms with Gasteiger partial charge in [0.2, 0.25) is 5.91 Å². The summed E-state index contributed by atoms with van der Waals surface area (Å²) >= 11 is 0. The van der Waals surface area contributed by atoms with Crippen LogP contribution in [0, 0.1) is 0 Å². The molecule has 0 saturated heterocycles. The number of aromatic nitrogens is 3. The molecule has 110 valence electrons. The van der Waals surface area contributed by atoms with Crippen molar-refractivity contribution in [2.75, 3.05) is 13.2 Å². The van der Waals surface area contributed by atoms with Crippen molar-refractivity contribution in [2.24, 2.45) is 0 Å². The number of nitrogens with one attached hydrogen (secondary N) is 2. The Morgan fingerprint density at radius 2 is 2.19 bits per heavy atom. The molecule has 0 bridgehead atoms. The van der Waals surface area contributed by atoms with Crippen LogP contribution in [0.1, 0.15) is 18.3 Å². The number of carbonyl (C=O) groups is 1. The second-order valence-electron chi connectivity index (χ2n) is 4.31. The molecule has 0 unspecified atom stereocenters. The van der Waals surface area contributed by atoms with Crippen molar-refractivity contribution in [3.63, 3.8) is 0 Å². The van der Waals surface area contributed by atoms with Gasteiger partial charge in [0.15, 0.2) is 0 Å². The lowest BCUT2D eigenvalue weighted by atomic mass is 10.2. The van der Waals surface area contributed by atoms with Crippen molar-refractivity contribution in [3.8, 4) is 5.75 Å². The molecule has 1 aromatic heterocycles. The van der Waals surface area contributed by atoms with Crippen molar-refractivity contribution in [1.29, 1.82) is 0 Å². The number of amides is 1. The number of ether oxygens (including phenoxy) is 1. The summed E-state index contributed by atoms with van der Waals surface area (Å²) in [6.07, 6.45) is 5.35. The number of nitrogens with zero attached hydrogens (tertiary/aromatic N) is 2. The molecule has 21 heavy (non-hydrogen) atoms. The van der Waals surface area contributed by atoms with Crippen LogP contribution in [0.2, 0.25) is 0 Å². The highest BCUT2D eigenvalue weighted by Crippen LogP contribution is 2.12. The Morgan fingerprint density at radius 1 is 1.38 bits per heavy atom. The van der Waals surface area contributed by atoms with Gasteiger partial charge < -0.3 is 10.1 Å². The van der Waals surface area contributed by atoms with Gasteiger partial charge in [-0.05, 0) is 30.7 Å². The summed E-state index contributed by atoms with van der Waals surface area (Å²) in [6, 6.07) is 7.57. The smallest absolute Gasteiger partial charge is 0.244 e. The maximum absolute atomic E-state index is 11.6. The van der Waals surface area contributed by atoms with Crippen LogP contribution in [0.15, 0.2) is 36.7 Å². The second-order valence-corrected chi connectivity index (χ2v) is 4.31. The van der Waals surface area contributed by atoms with E-state index in [-0.39, 0.29) is 5.91 Å². The maximum Gasteiger partial charge on any atom is 0.244 e. The van der Waals surface area contributed by atoms with Gasteiger partial charge in [-0.3, -0.25) is 9.89 Å². The van der Waals surface area contributed by atoms with Gasteiger partial charge in [0.1, 0.15) is 17.9 Å². The number of hydrogen-bond acceptors (Lipinski definition) is 4. The predicted octanol–water partition coefficient (Wildman–Crippen LogP) is 1.58. The van der Waals surface area contributed by atoms with Crippen LogP contribution >= 0.6 is 0 Å². The molecule has 6 nitrogen and oxygen atoms in total. The third kappa shape index (κ3) is 5.10. The van der Waals surface area contributed by atoms with Crippen LogP contribution in [0.3, 0.4) is 0 Å². The van der Waals surface area contributed by atoms with Gasteiger partial charge in [0, 0.05) is 19.0 Å². The predicted molar refractivity (Wildman–Crippen MR) is 79.7 cm³/mol. The average Bonchev–Trinajstić information content (AvgIpc) is 3.00. The Balaban J connectivity index is 1.75. The second kappa shape index (κ2) is 7.84. The fourth-order valence-electron chi connectivity index (χ4n) is 1.73. The quantitative estimate of drug-likeness (QED) is 0.757. The lowest BCUT2D eigenvalue weighted by Crippen LogP contribution is -2.23. The third-order valence-electron chi connectivity index (χ3n) is 2.74. The lowest BCUT2D eigenvalue weighted by Gasteiger charge is -2.02. The summed E-state index contributed by atoms with van der Waals surface area (Å²) in [5, 5.41) is 9.27. The van der Waals surface area contributed by atoms with E-state index >= 15 is 0 Å². The molecule has 2 rings (SSSR count). The molecule has 0 radical (unpaired) electrons. The van der Waals surface area contributed by atoms with Gasteiger partial charge >= 0.3 is 0 Å². The molecule has 6 heteroatoms. The molecule has 0 aliphatic carbocycles. The van der Waals surface area contributed by atoms with Gasteiger partial charge in [-0.25, -0.2) is 4.98 Å². The van der Waals surface area contributed by atoms with Gasteiger partial charge in [-0.2, -0.15) is 5.10 Å². The van der Waals surface area contributed by atoms with Crippen LogP contribution in [-0.4, -0.2) is 34.2 Å². The van der Waals surface area contributed by atoms with Crippen LogP contribution < -0.4 is 10.1 Å². The van der Waals surface area contributed by atoms with E-state index < -0.39 is 0 Å². The highest BCUT2D eigenvalue weighted by molar-refractivity contribution is 5.91. The van der Waals surface area contributed by atoms with E-state index in [2.05, 4.69) is 20.5 Å². The number of rotatable bonds is 7. The van der Waals surface area contributed by atoms with E-state index in [1.807, 2.05) is 31.2 Å². The van der Waals surface area contributed by atoms with E-state index in [0.29, 0.717) is 19.6 Å². The third-order valence-corrected chi connectivity index (χ3v) is 2.74. The first-order valence-electron chi connectivity index (χ1n) is 6.81. The summed E-state index contributed by atoms with van der Waals surface area (Å²) in [5.74, 6) is 1.44. The van der Waals surface area contributed by atoms with E-state index in [0.717, 1.165) is 17.1 Å². The Morgan fingerprint density at radius 3 is 2.86 bits per heavy atom. The van der Waals surface area contributed by atoms with Gasteiger partial charge in [-0.1, -0.05) is 12.1 Å². The average molecular weight is 286 g/mol. The zero-order chi connectivity index (χ0) is 14.9. The topological polar surface area (TPSA) is 79.9 Å². The van der Waals surface area contributed by atoms with Crippen molar-refractivity contribution in [3.05, 3.63) is 48.1 Å². The minimum atomic E-state index is -0.136. The molecule has 1 amide bonds. The van der Waals surface area contributed by atoms with Crippen molar-refractivity contribution in [1.82, 2.24) is 20.5 Å². The summed E-state index contributed by atoms with van der Waals surface area (Å²) in [4.78, 5) is 15.6. The summed E-state index contributed by atoms with van der Waals surface area (Å²) < 4.78 is 5.36. The zero-order valence-corrected chi connectivity index (χ0v) is 11.9. The molecular weight excluding hydrogens is 268 g/mol. The number of carbonyl (C=O) groups excluding carboxylic acids is 1. The molecule has 2 aromatic rings. The number of H-pyrrole nitrogens is 1. The molecule has 0 aliphatic rings. The van der Waals surface area contributed by atoms with E-state index in [1.54, 1.807) is 6.08 Å². The van der Waals surface area contributed by atoms with Gasteiger partial charge in [-0.15, -0.1) is 0 Å².